The molecule has 3 aromatic rings. The van der Waals surface area contributed by atoms with Crippen LogP contribution in [0.5, 0.6) is 0 Å². The van der Waals surface area contributed by atoms with Crippen molar-refractivity contribution in [2.75, 3.05) is 6.26 Å². The van der Waals surface area contributed by atoms with E-state index in [9.17, 15) is 23.1 Å². The third-order valence-corrected chi connectivity index (χ3v) is 7.52. The van der Waals surface area contributed by atoms with Gasteiger partial charge in [0, 0.05) is 6.26 Å². The smallest absolute Gasteiger partial charge is 0.304 e. The highest BCUT2D eigenvalue weighted by atomic mass is 32.2. The number of aromatic nitrogens is 1. The van der Waals surface area contributed by atoms with Gasteiger partial charge in [-0.25, -0.2) is 13.4 Å². The summed E-state index contributed by atoms with van der Waals surface area (Å²) in [6.45, 7) is 0.110. The second-order valence-corrected chi connectivity index (χ2v) is 10.7. The predicted octanol–water partition coefficient (Wildman–Crippen LogP) is 2.58. The Kier molecular flexibility index (Phi) is 5.11. The van der Waals surface area contributed by atoms with E-state index >= 15 is 0 Å². The fourth-order valence-electron chi connectivity index (χ4n) is 4.04. The van der Waals surface area contributed by atoms with Crippen molar-refractivity contribution < 1.29 is 23.1 Å². The number of carboxylic acids is 1. The Morgan fingerprint density at radius 2 is 1.80 bits per heavy atom. The maximum Gasteiger partial charge on any atom is 0.304 e. The number of carboxylic acid groups (broad SMARTS) is 1. The number of carbonyl (C=O) groups excluding carboxylic acids is 1. The standard InChI is InChI=1S/C21H20N2O5S2/c1-30(27,28)16-8-4-7-15-19(16)23-17(29-15)12-22-20(26)21(11-18(24)25)9-13-5-2-3-6-14(13)10-21/h2-8H,9-12H2,1H3,(H,22,26)(H,24,25). The van der Waals surface area contributed by atoms with Crippen molar-refractivity contribution in [2.24, 2.45) is 5.41 Å². The lowest BCUT2D eigenvalue weighted by Crippen LogP contribution is -2.43. The first kappa shape index (κ1) is 20.5. The topological polar surface area (TPSA) is 113 Å². The van der Waals surface area contributed by atoms with Crippen LogP contribution in [-0.2, 0) is 38.8 Å². The zero-order valence-corrected chi connectivity index (χ0v) is 17.8. The largest absolute Gasteiger partial charge is 0.481 e. The van der Waals surface area contributed by atoms with Crippen LogP contribution in [0.1, 0.15) is 22.6 Å². The minimum Gasteiger partial charge on any atom is -0.481 e. The summed E-state index contributed by atoms with van der Waals surface area (Å²) in [7, 11) is -3.42. The summed E-state index contributed by atoms with van der Waals surface area (Å²) in [6.07, 6.45) is 1.63. The lowest BCUT2D eigenvalue weighted by molar-refractivity contribution is -0.145. The normalized spacial score (nSPS) is 15.1. The van der Waals surface area contributed by atoms with Crippen LogP contribution in [0.2, 0.25) is 0 Å². The third-order valence-electron chi connectivity index (χ3n) is 5.37. The summed E-state index contributed by atoms with van der Waals surface area (Å²) in [5.74, 6) is -1.35. The summed E-state index contributed by atoms with van der Waals surface area (Å²) < 4.78 is 24.7. The van der Waals surface area contributed by atoms with E-state index in [-0.39, 0.29) is 23.8 Å². The Morgan fingerprint density at radius 1 is 1.13 bits per heavy atom. The van der Waals surface area contributed by atoms with E-state index < -0.39 is 21.2 Å². The minimum atomic E-state index is -3.42. The third kappa shape index (κ3) is 3.82. The zero-order valence-electron chi connectivity index (χ0n) is 16.2. The molecule has 0 unspecified atom stereocenters. The molecule has 0 radical (unpaired) electrons. The Labute approximate surface area is 177 Å². The molecule has 1 heterocycles. The summed E-state index contributed by atoms with van der Waals surface area (Å²) in [4.78, 5) is 29.1. The molecule has 0 aliphatic heterocycles. The molecule has 9 heteroatoms. The van der Waals surface area contributed by atoms with Gasteiger partial charge in [-0.1, -0.05) is 30.3 Å². The zero-order chi connectivity index (χ0) is 21.5. The highest BCUT2D eigenvalue weighted by molar-refractivity contribution is 7.91. The molecule has 7 nitrogen and oxygen atoms in total. The maximum absolute atomic E-state index is 13.1. The van der Waals surface area contributed by atoms with Crippen LogP contribution in [0, 0.1) is 5.41 Å². The number of aliphatic carboxylic acids is 1. The number of nitrogens with zero attached hydrogens (tertiary/aromatic N) is 1. The van der Waals surface area contributed by atoms with E-state index in [1.54, 1.807) is 12.1 Å². The summed E-state index contributed by atoms with van der Waals surface area (Å²) in [5, 5.41) is 12.8. The molecule has 0 atom stereocenters. The van der Waals surface area contributed by atoms with E-state index in [4.69, 9.17) is 0 Å². The van der Waals surface area contributed by atoms with Gasteiger partial charge in [0.25, 0.3) is 0 Å². The van der Waals surface area contributed by atoms with E-state index in [0.29, 0.717) is 23.4 Å². The molecule has 1 aliphatic carbocycles. The van der Waals surface area contributed by atoms with Crippen molar-refractivity contribution in [1.29, 1.82) is 0 Å². The van der Waals surface area contributed by atoms with Gasteiger partial charge < -0.3 is 10.4 Å². The molecule has 1 aliphatic rings. The van der Waals surface area contributed by atoms with Gasteiger partial charge in [0.05, 0.1) is 28.0 Å². The SMILES string of the molecule is CS(=O)(=O)c1cccc2sc(CNC(=O)C3(CC(=O)O)Cc4ccccc4C3)nc12. The van der Waals surface area contributed by atoms with Crippen molar-refractivity contribution in [3.8, 4) is 0 Å². The van der Waals surface area contributed by atoms with Crippen molar-refractivity contribution in [2.45, 2.75) is 30.7 Å². The lowest BCUT2D eigenvalue weighted by Gasteiger charge is -2.25. The van der Waals surface area contributed by atoms with Crippen LogP contribution in [0.3, 0.4) is 0 Å². The van der Waals surface area contributed by atoms with E-state index in [0.717, 1.165) is 22.1 Å². The van der Waals surface area contributed by atoms with Crippen molar-refractivity contribution in [3.05, 3.63) is 58.6 Å². The van der Waals surface area contributed by atoms with Gasteiger partial charge in [0.1, 0.15) is 10.5 Å². The molecule has 0 fully saturated rings. The van der Waals surface area contributed by atoms with E-state index in [2.05, 4.69) is 10.3 Å². The van der Waals surface area contributed by atoms with Crippen LogP contribution in [0.4, 0.5) is 0 Å². The Balaban J connectivity index is 1.57. The Morgan fingerprint density at radius 3 is 2.40 bits per heavy atom. The number of thiazole rings is 1. The molecule has 0 spiro atoms. The maximum atomic E-state index is 13.1. The monoisotopic (exact) mass is 444 g/mol. The fraction of sp³-hybridized carbons (Fsp3) is 0.286. The number of fused-ring (bicyclic) bond motifs is 2. The highest BCUT2D eigenvalue weighted by Gasteiger charge is 2.45. The summed E-state index contributed by atoms with van der Waals surface area (Å²) >= 11 is 1.31. The molecule has 2 N–H and O–H groups in total. The van der Waals surface area contributed by atoms with Crippen LogP contribution in [0.25, 0.3) is 10.2 Å². The number of sulfone groups is 1. The van der Waals surface area contributed by atoms with Gasteiger partial charge >= 0.3 is 5.97 Å². The molecule has 156 valence electrons. The number of nitrogens with one attached hydrogen (secondary N) is 1. The summed E-state index contributed by atoms with van der Waals surface area (Å²) in [5.41, 5.74) is 1.34. The molecule has 0 saturated heterocycles. The van der Waals surface area contributed by atoms with Gasteiger partial charge in [0.15, 0.2) is 9.84 Å². The second kappa shape index (κ2) is 7.48. The molecular weight excluding hydrogens is 424 g/mol. The number of carbonyl (C=O) groups is 2. The summed E-state index contributed by atoms with van der Waals surface area (Å²) in [6, 6.07) is 12.6. The van der Waals surface area contributed by atoms with E-state index in [1.807, 2.05) is 24.3 Å². The lowest BCUT2D eigenvalue weighted by atomic mass is 9.80. The van der Waals surface area contributed by atoms with Crippen molar-refractivity contribution >= 4 is 43.3 Å². The fourth-order valence-corrected chi connectivity index (χ4v) is 5.87. The average Bonchev–Trinajstić information content (AvgIpc) is 3.25. The number of para-hydroxylation sites is 1. The molecule has 4 rings (SSSR count). The predicted molar refractivity (Wildman–Crippen MR) is 113 cm³/mol. The Bertz CT molecular complexity index is 1240. The number of benzene rings is 2. The molecule has 0 bridgehead atoms. The van der Waals surface area contributed by atoms with Gasteiger partial charge in [0.2, 0.25) is 5.91 Å². The first-order chi connectivity index (χ1) is 14.2. The van der Waals surface area contributed by atoms with Crippen LogP contribution in [0.15, 0.2) is 47.4 Å². The second-order valence-electron chi connectivity index (χ2n) is 7.64. The van der Waals surface area contributed by atoms with Gasteiger partial charge in [-0.2, -0.15) is 0 Å². The molecular formula is C21H20N2O5S2. The quantitative estimate of drug-likeness (QED) is 0.604. The van der Waals surface area contributed by atoms with Crippen molar-refractivity contribution in [1.82, 2.24) is 10.3 Å². The number of hydrogen-bond donors (Lipinski definition) is 2. The molecule has 30 heavy (non-hydrogen) atoms. The van der Waals surface area contributed by atoms with Crippen LogP contribution in [-0.4, -0.2) is 36.6 Å². The first-order valence-corrected chi connectivity index (χ1v) is 12.0. The first-order valence-electron chi connectivity index (χ1n) is 9.33. The average molecular weight is 445 g/mol. The van der Waals surface area contributed by atoms with E-state index in [1.165, 1.54) is 17.4 Å². The van der Waals surface area contributed by atoms with Crippen LogP contribution < -0.4 is 5.32 Å². The molecule has 2 aromatic carbocycles. The molecule has 1 amide bonds. The Hall–Kier alpha value is -2.78. The van der Waals surface area contributed by atoms with Gasteiger partial charge in [-0.05, 0) is 36.1 Å². The number of rotatable bonds is 6. The van der Waals surface area contributed by atoms with Crippen molar-refractivity contribution in [3.63, 3.8) is 0 Å². The number of amides is 1. The minimum absolute atomic E-state index is 0.110. The highest BCUT2D eigenvalue weighted by Crippen LogP contribution is 2.40. The molecule has 1 aromatic heterocycles. The molecule has 0 saturated carbocycles. The van der Waals surface area contributed by atoms with Gasteiger partial charge in [-0.15, -0.1) is 11.3 Å². The van der Waals surface area contributed by atoms with Gasteiger partial charge in [-0.3, -0.25) is 9.59 Å². The number of hydrogen-bond acceptors (Lipinski definition) is 6. The van der Waals surface area contributed by atoms with Crippen LogP contribution >= 0.6 is 11.3 Å².